The van der Waals surface area contributed by atoms with E-state index in [2.05, 4.69) is 20.3 Å². The maximum atomic E-state index is 13.2. The van der Waals surface area contributed by atoms with Crippen molar-refractivity contribution in [2.24, 2.45) is 0 Å². The first-order valence-corrected chi connectivity index (χ1v) is 9.08. The molecule has 2 aromatic heterocycles. The van der Waals surface area contributed by atoms with Crippen molar-refractivity contribution in [3.8, 4) is 17.2 Å². The third-order valence-electron chi connectivity index (χ3n) is 4.58. The molecule has 1 N–H and O–H groups in total. The van der Waals surface area contributed by atoms with Crippen molar-refractivity contribution < 1.29 is 22.6 Å². The number of imidazole rings is 1. The molecular weight excluding hydrogens is 425 g/mol. The first-order chi connectivity index (χ1) is 14.3. The lowest BCUT2D eigenvalue weighted by molar-refractivity contribution is -0.155. The molecule has 0 saturated carbocycles. The largest absolute Gasteiger partial charge is 0.494 e. The Kier molecular flexibility index (Phi) is 5.06. The zero-order chi connectivity index (χ0) is 21.5. The zero-order valence-corrected chi connectivity index (χ0v) is 16.6. The molecule has 3 heterocycles. The second kappa shape index (κ2) is 7.56. The van der Waals surface area contributed by atoms with Gasteiger partial charge in [-0.2, -0.15) is 18.2 Å². The third kappa shape index (κ3) is 3.80. The highest BCUT2D eigenvalue weighted by Crippen LogP contribution is 2.37. The normalized spacial score (nSPS) is 16.1. The maximum Gasteiger partial charge on any atom is 0.412 e. The van der Waals surface area contributed by atoms with Crippen LogP contribution in [-0.4, -0.2) is 52.5 Å². The van der Waals surface area contributed by atoms with Gasteiger partial charge in [-0.1, -0.05) is 11.6 Å². The van der Waals surface area contributed by atoms with E-state index in [9.17, 15) is 13.2 Å². The van der Waals surface area contributed by atoms with Crippen molar-refractivity contribution in [3.05, 3.63) is 42.1 Å². The minimum Gasteiger partial charge on any atom is -0.494 e. The Balaban J connectivity index is 1.60. The standard InChI is InChI=1S/C18H16ClF3N6O2/c1-27-14(18(20,21)22)8-30-13-6-23-17(26-16(13)27)25-10-3-4-11(12(5-10)29-2)28-7-15(19)24-9-28/h3-7,9,14H,8H2,1-2H3,(H,23,25,26). The van der Waals surface area contributed by atoms with E-state index in [1.165, 1.54) is 20.4 Å². The summed E-state index contributed by atoms with van der Waals surface area (Å²) in [5.74, 6) is 0.878. The minimum atomic E-state index is -4.44. The van der Waals surface area contributed by atoms with Crippen LogP contribution in [0, 0.1) is 0 Å². The number of rotatable bonds is 4. The fourth-order valence-electron chi connectivity index (χ4n) is 3.05. The van der Waals surface area contributed by atoms with E-state index < -0.39 is 18.8 Å². The molecule has 4 rings (SSSR count). The minimum absolute atomic E-state index is 0.0534. The fourth-order valence-corrected chi connectivity index (χ4v) is 3.20. The molecule has 1 unspecified atom stereocenters. The maximum absolute atomic E-state index is 13.2. The highest BCUT2D eigenvalue weighted by atomic mass is 35.5. The summed E-state index contributed by atoms with van der Waals surface area (Å²) in [6, 6.07) is 3.43. The summed E-state index contributed by atoms with van der Waals surface area (Å²) in [7, 11) is 2.84. The summed E-state index contributed by atoms with van der Waals surface area (Å²) in [4.78, 5) is 13.3. The highest BCUT2D eigenvalue weighted by Gasteiger charge is 2.46. The SMILES string of the molecule is COc1cc(Nc2ncc3c(n2)N(C)C(C(F)(F)F)CO3)ccc1-n1cnc(Cl)c1. The molecular formula is C18H16ClF3N6O2. The van der Waals surface area contributed by atoms with Crippen LogP contribution in [0.3, 0.4) is 0 Å². The van der Waals surface area contributed by atoms with Crippen LogP contribution in [0.1, 0.15) is 0 Å². The van der Waals surface area contributed by atoms with E-state index in [1.807, 2.05) is 0 Å². The summed E-state index contributed by atoms with van der Waals surface area (Å²) < 4.78 is 51.9. The Bertz CT molecular complexity index is 1070. The Labute approximate surface area is 174 Å². The molecule has 1 aliphatic rings. The average molecular weight is 441 g/mol. The molecule has 0 amide bonds. The van der Waals surface area contributed by atoms with Gasteiger partial charge in [-0.25, -0.2) is 9.97 Å². The summed E-state index contributed by atoms with van der Waals surface area (Å²) in [6.07, 6.45) is 0.0794. The molecule has 0 spiro atoms. The topological polar surface area (TPSA) is 77.3 Å². The van der Waals surface area contributed by atoms with Crippen LogP contribution in [0.15, 0.2) is 36.9 Å². The van der Waals surface area contributed by atoms with Gasteiger partial charge >= 0.3 is 6.18 Å². The predicted molar refractivity (Wildman–Crippen MR) is 104 cm³/mol. The van der Waals surface area contributed by atoms with Crippen molar-refractivity contribution in [2.45, 2.75) is 12.2 Å². The number of hydrogen-bond donors (Lipinski definition) is 1. The van der Waals surface area contributed by atoms with E-state index in [4.69, 9.17) is 21.1 Å². The van der Waals surface area contributed by atoms with Crippen LogP contribution in [0.5, 0.6) is 11.5 Å². The van der Waals surface area contributed by atoms with Gasteiger partial charge in [-0.3, -0.25) is 0 Å². The molecule has 0 aliphatic carbocycles. The van der Waals surface area contributed by atoms with Gasteiger partial charge < -0.3 is 24.3 Å². The molecule has 12 heteroatoms. The number of nitrogens with zero attached hydrogens (tertiary/aromatic N) is 5. The van der Waals surface area contributed by atoms with Gasteiger partial charge in [0.2, 0.25) is 5.95 Å². The van der Waals surface area contributed by atoms with Crippen molar-refractivity contribution in [2.75, 3.05) is 31.0 Å². The lowest BCUT2D eigenvalue weighted by Crippen LogP contribution is -2.50. The summed E-state index contributed by atoms with van der Waals surface area (Å²) >= 11 is 5.87. The molecule has 0 radical (unpaired) electrons. The van der Waals surface area contributed by atoms with Gasteiger partial charge in [0, 0.05) is 25.0 Å². The van der Waals surface area contributed by atoms with Crippen molar-refractivity contribution in [3.63, 3.8) is 0 Å². The third-order valence-corrected chi connectivity index (χ3v) is 4.77. The Morgan fingerprint density at radius 1 is 1.30 bits per heavy atom. The molecule has 0 saturated heterocycles. The first kappa shape index (κ1) is 20.1. The van der Waals surface area contributed by atoms with E-state index >= 15 is 0 Å². The molecule has 0 bridgehead atoms. The number of aromatic nitrogens is 4. The predicted octanol–water partition coefficient (Wildman–Crippen LogP) is 3.83. The average Bonchev–Trinajstić information content (AvgIpc) is 3.13. The Morgan fingerprint density at radius 2 is 2.10 bits per heavy atom. The fraction of sp³-hybridized carbons (Fsp3) is 0.278. The smallest absolute Gasteiger partial charge is 0.412 e. The van der Waals surface area contributed by atoms with Gasteiger partial charge in [0.05, 0.1) is 19.0 Å². The van der Waals surface area contributed by atoms with Crippen LogP contribution in [0.25, 0.3) is 5.69 Å². The van der Waals surface area contributed by atoms with Crippen LogP contribution in [-0.2, 0) is 0 Å². The van der Waals surface area contributed by atoms with E-state index in [-0.39, 0.29) is 17.5 Å². The number of fused-ring (bicyclic) bond motifs is 1. The molecule has 3 aromatic rings. The van der Waals surface area contributed by atoms with Crippen molar-refractivity contribution in [1.82, 2.24) is 19.5 Å². The molecule has 158 valence electrons. The number of hydrogen-bond acceptors (Lipinski definition) is 7. The molecule has 1 aromatic carbocycles. The van der Waals surface area contributed by atoms with Crippen LogP contribution in [0.2, 0.25) is 5.15 Å². The molecule has 1 aliphatic heterocycles. The summed E-state index contributed by atoms with van der Waals surface area (Å²) in [6.45, 7) is -0.514. The van der Waals surface area contributed by atoms with Gasteiger partial charge in [0.25, 0.3) is 0 Å². The lowest BCUT2D eigenvalue weighted by atomic mass is 10.2. The zero-order valence-electron chi connectivity index (χ0n) is 15.8. The van der Waals surface area contributed by atoms with Crippen molar-refractivity contribution >= 4 is 29.1 Å². The van der Waals surface area contributed by atoms with Gasteiger partial charge in [-0.15, -0.1) is 0 Å². The lowest BCUT2D eigenvalue weighted by Gasteiger charge is -2.35. The number of halogens is 4. The second-order valence-corrected chi connectivity index (χ2v) is 6.86. The Morgan fingerprint density at radius 3 is 2.77 bits per heavy atom. The van der Waals surface area contributed by atoms with Crippen LogP contribution < -0.4 is 19.7 Å². The van der Waals surface area contributed by atoms with E-state index in [0.717, 1.165) is 4.90 Å². The Hall–Kier alpha value is -3.21. The molecule has 1 atom stereocenters. The summed E-state index contributed by atoms with van der Waals surface area (Å²) in [5.41, 5.74) is 1.28. The van der Waals surface area contributed by atoms with Gasteiger partial charge in [0.1, 0.15) is 23.8 Å². The number of ether oxygens (including phenoxy) is 2. The summed E-state index contributed by atoms with van der Waals surface area (Å²) in [5, 5.41) is 3.31. The number of likely N-dealkylation sites (N-methyl/N-ethyl adjacent to an activating group) is 1. The first-order valence-electron chi connectivity index (χ1n) is 8.70. The van der Waals surface area contributed by atoms with Gasteiger partial charge in [-0.05, 0) is 12.1 Å². The second-order valence-electron chi connectivity index (χ2n) is 6.48. The van der Waals surface area contributed by atoms with Crippen LogP contribution in [0.4, 0.5) is 30.6 Å². The number of alkyl halides is 3. The highest BCUT2D eigenvalue weighted by molar-refractivity contribution is 6.29. The molecule has 30 heavy (non-hydrogen) atoms. The number of anilines is 3. The van der Waals surface area contributed by atoms with Crippen molar-refractivity contribution in [1.29, 1.82) is 0 Å². The number of benzene rings is 1. The van der Waals surface area contributed by atoms with Gasteiger partial charge in [0.15, 0.2) is 17.6 Å². The van der Waals surface area contributed by atoms with E-state index in [1.54, 1.807) is 35.3 Å². The quantitative estimate of drug-likeness (QED) is 0.660. The van der Waals surface area contributed by atoms with E-state index in [0.29, 0.717) is 22.3 Å². The number of methoxy groups -OCH3 is 1. The molecule has 0 fully saturated rings. The number of nitrogens with one attached hydrogen (secondary N) is 1. The van der Waals surface area contributed by atoms with Crippen LogP contribution >= 0.6 is 11.6 Å². The molecule has 8 nitrogen and oxygen atoms in total. The monoisotopic (exact) mass is 440 g/mol.